The van der Waals surface area contributed by atoms with Crippen LogP contribution in [0.15, 0.2) is 60.8 Å². The van der Waals surface area contributed by atoms with Gasteiger partial charge in [-0.05, 0) is 43.0 Å². The van der Waals surface area contributed by atoms with Crippen molar-refractivity contribution in [2.24, 2.45) is 0 Å². The summed E-state index contributed by atoms with van der Waals surface area (Å²) in [5.74, 6) is -7.45. The third-order valence-corrected chi connectivity index (χ3v) is 6.17. The molecule has 0 radical (unpaired) electrons. The Morgan fingerprint density at radius 3 is 2.22 bits per heavy atom. The van der Waals surface area contributed by atoms with Crippen LogP contribution < -0.4 is 10.6 Å². The Morgan fingerprint density at radius 1 is 0.892 bits per heavy atom. The number of nitrogens with two attached hydrogens (primary N) is 1. The topological polar surface area (TPSA) is 72.1 Å². The first-order valence-corrected chi connectivity index (χ1v) is 11.5. The van der Waals surface area contributed by atoms with Crippen LogP contribution in [-0.2, 0) is 24.1 Å². The lowest BCUT2D eigenvalue weighted by Gasteiger charge is -2.21. The fourth-order valence-electron chi connectivity index (χ4n) is 3.95. The molecule has 4 rings (SSSR count). The second-order valence-electron chi connectivity index (χ2n) is 8.62. The van der Waals surface area contributed by atoms with Gasteiger partial charge in [-0.15, -0.1) is 0 Å². The molecular weight excluding hydrogens is 484 g/mol. The first-order chi connectivity index (χ1) is 17.7. The van der Waals surface area contributed by atoms with Crippen molar-refractivity contribution in [1.82, 2.24) is 9.97 Å². The Kier molecular flexibility index (Phi) is 7.52. The molecule has 0 bridgehead atoms. The number of likely N-dealkylation sites (N-methyl/N-ethyl adjacent to an activating group) is 1. The molecule has 0 aliphatic carbocycles. The maximum atomic E-state index is 14.4. The Balaban J connectivity index is 1.67. The monoisotopic (exact) mass is 508 g/mol. The van der Waals surface area contributed by atoms with Crippen LogP contribution in [-0.4, -0.2) is 22.9 Å². The lowest BCUT2D eigenvalue weighted by Crippen LogP contribution is -2.31. The van der Waals surface area contributed by atoms with Gasteiger partial charge in [-0.2, -0.15) is 0 Å². The van der Waals surface area contributed by atoms with Gasteiger partial charge in [0.2, 0.25) is 5.91 Å². The average molecular weight is 509 g/mol. The SMILES string of the molecule is Cc1c(F)c(F)c(F)c(F)c1CC(=O)N(C)c1ncc(-c2ccc(N)cc2)nc1CCc1ccccc1. The molecule has 1 amide bonds. The van der Waals surface area contributed by atoms with Gasteiger partial charge in [-0.3, -0.25) is 9.69 Å². The van der Waals surface area contributed by atoms with Crippen molar-refractivity contribution in [2.75, 3.05) is 17.7 Å². The number of carbonyl (C=O) groups excluding carboxylic acids is 1. The normalized spacial score (nSPS) is 11.0. The van der Waals surface area contributed by atoms with E-state index in [-0.39, 0.29) is 5.82 Å². The number of benzene rings is 3. The van der Waals surface area contributed by atoms with Crippen molar-refractivity contribution < 1.29 is 22.4 Å². The van der Waals surface area contributed by atoms with Crippen LogP contribution in [0.25, 0.3) is 11.3 Å². The highest BCUT2D eigenvalue weighted by Crippen LogP contribution is 2.27. The quantitative estimate of drug-likeness (QED) is 0.153. The van der Waals surface area contributed by atoms with E-state index in [4.69, 9.17) is 10.7 Å². The van der Waals surface area contributed by atoms with E-state index >= 15 is 0 Å². The average Bonchev–Trinajstić information content (AvgIpc) is 2.92. The number of rotatable bonds is 7. The molecule has 0 atom stereocenters. The number of anilines is 2. The molecule has 0 aliphatic heterocycles. The van der Waals surface area contributed by atoms with Crippen LogP contribution in [0.1, 0.15) is 22.4 Å². The standard InChI is InChI=1S/C28H24F4N4O/c1-16-20(25(30)27(32)26(31)24(16)29)14-23(37)36(2)28-21(13-8-17-6-4-3-5-7-17)35-22(15-34-28)18-9-11-19(33)12-10-18/h3-7,9-12,15H,8,13-14,33H2,1-2H3. The Labute approximate surface area is 211 Å². The largest absolute Gasteiger partial charge is 0.399 e. The minimum atomic E-state index is -1.95. The summed E-state index contributed by atoms with van der Waals surface area (Å²) in [7, 11) is 1.42. The van der Waals surface area contributed by atoms with Gasteiger partial charge in [-0.25, -0.2) is 27.5 Å². The van der Waals surface area contributed by atoms with Gasteiger partial charge >= 0.3 is 0 Å². The summed E-state index contributed by atoms with van der Waals surface area (Å²) in [5.41, 5.74) is 8.26. The molecule has 0 saturated carbocycles. The van der Waals surface area contributed by atoms with E-state index in [0.717, 1.165) is 23.0 Å². The number of amides is 1. The van der Waals surface area contributed by atoms with Crippen LogP contribution in [0, 0.1) is 30.2 Å². The van der Waals surface area contributed by atoms with Gasteiger partial charge in [0, 0.05) is 23.9 Å². The second-order valence-corrected chi connectivity index (χ2v) is 8.62. The highest BCUT2D eigenvalue weighted by atomic mass is 19.2. The van der Waals surface area contributed by atoms with Crippen LogP contribution in [0.2, 0.25) is 0 Å². The Hall–Kier alpha value is -4.27. The van der Waals surface area contributed by atoms with E-state index in [1.807, 2.05) is 30.3 Å². The number of nitrogen functional groups attached to an aromatic ring is 1. The number of aryl methyl sites for hydroxylation is 2. The second kappa shape index (κ2) is 10.8. The van der Waals surface area contributed by atoms with Crippen LogP contribution in [0.4, 0.5) is 29.1 Å². The summed E-state index contributed by atoms with van der Waals surface area (Å²) in [6.45, 7) is 1.09. The molecule has 2 N–H and O–H groups in total. The molecule has 37 heavy (non-hydrogen) atoms. The summed E-state index contributed by atoms with van der Waals surface area (Å²) in [4.78, 5) is 23.4. The van der Waals surface area contributed by atoms with E-state index in [2.05, 4.69) is 4.98 Å². The van der Waals surface area contributed by atoms with Gasteiger partial charge in [0.05, 0.1) is 24.0 Å². The zero-order chi connectivity index (χ0) is 26.7. The lowest BCUT2D eigenvalue weighted by atomic mass is 10.0. The van der Waals surface area contributed by atoms with Crippen molar-refractivity contribution in [2.45, 2.75) is 26.2 Å². The maximum absolute atomic E-state index is 14.4. The van der Waals surface area contributed by atoms with E-state index in [1.54, 1.807) is 24.3 Å². The zero-order valence-electron chi connectivity index (χ0n) is 20.2. The first kappa shape index (κ1) is 25.8. The van der Waals surface area contributed by atoms with E-state index in [1.165, 1.54) is 13.2 Å². The number of hydrogen-bond acceptors (Lipinski definition) is 4. The molecule has 9 heteroatoms. The van der Waals surface area contributed by atoms with Crippen molar-refractivity contribution >= 4 is 17.4 Å². The van der Waals surface area contributed by atoms with Crippen molar-refractivity contribution in [1.29, 1.82) is 0 Å². The van der Waals surface area contributed by atoms with Gasteiger partial charge in [0.1, 0.15) is 0 Å². The van der Waals surface area contributed by atoms with Gasteiger partial charge in [-0.1, -0.05) is 42.5 Å². The minimum absolute atomic E-state index is 0.223. The number of halogens is 4. The molecule has 0 spiro atoms. The molecule has 190 valence electrons. The van der Waals surface area contributed by atoms with Gasteiger partial charge < -0.3 is 5.73 Å². The van der Waals surface area contributed by atoms with Crippen molar-refractivity contribution in [3.05, 3.63) is 106 Å². The zero-order valence-corrected chi connectivity index (χ0v) is 20.2. The number of hydrogen-bond donors (Lipinski definition) is 1. The molecular formula is C28H24F4N4O. The Morgan fingerprint density at radius 2 is 1.54 bits per heavy atom. The highest BCUT2D eigenvalue weighted by molar-refractivity contribution is 5.94. The summed E-state index contributed by atoms with van der Waals surface area (Å²) in [6.07, 6.45) is 1.85. The van der Waals surface area contributed by atoms with Crippen molar-refractivity contribution in [3.8, 4) is 11.3 Å². The lowest BCUT2D eigenvalue weighted by molar-refractivity contribution is -0.117. The predicted octanol–water partition coefficient (Wildman–Crippen LogP) is 5.58. The smallest absolute Gasteiger partial charge is 0.232 e. The van der Waals surface area contributed by atoms with E-state index in [0.29, 0.717) is 29.9 Å². The van der Waals surface area contributed by atoms with Crippen LogP contribution in [0.3, 0.4) is 0 Å². The molecule has 1 heterocycles. The first-order valence-electron chi connectivity index (χ1n) is 11.5. The molecule has 5 nitrogen and oxygen atoms in total. The number of aromatic nitrogens is 2. The summed E-state index contributed by atoms with van der Waals surface area (Å²) >= 11 is 0. The van der Waals surface area contributed by atoms with E-state index < -0.39 is 46.7 Å². The number of nitrogens with zero attached hydrogens (tertiary/aromatic N) is 3. The fraction of sp³-hybridized carbons (Fsp3) is 0.179. The third kappa shape index (κ3) is 5.45. The number of carbonyl (C=O) groups is 1. The summed E-state index contributed by atoms with van der Waals surface area (Å²) < 4.78 is 55.8. The summed E-state index contributed by atoms with van der Waals surface area (Å²) in [6, 6.07) is 16.8. The molecule has 0 fully saturated rings. The molecule has 0 unspecified atom stereocenters. The molecule has 3 aromatic carbocycles. The third-order valence-electron chi connectivity index (χ3n) is 6.17. The maximum Gasteiger partial charge on any atom is 0.232 e. The fourth-order valence-corrected chi connectivity index (χ4v) is 3.95. The summed E-state index contributed by atoms with van der Waals surface area (Å²) in [5, 5.41) is 0. The van der Waals surface area contributed by atoms with E-state index in [9.17, 15) is 22.4 Å². The Bertz CT molecular complexity index is 1410. The van der Waals surface area contributed by atoms with Crippen LogP contribution >= 0.6 is 0 Å². The van der Waals surface area contributed by atoms with Gasteiger partial charge in [0.25, 0.3) is 0 Å². The predicted molar refractivity (Wildman–Crippen MR) is 134 cm³/mol. The highest BCUT2D eigenvalue weighted by Gasteiger charge is 2.26. The molecule has 0 aliphatic rings. The van der Waals surface area contributed by atoms with Crippen molar-refractivity contribution in [3.63, 3.8) is 0 Å². The minimum Gasteiger partial charge on any atom is -0.399 e. The van der Waals surface area contributed by atoms with Crippen LogP contribution in [0.5, 0.6) is 0 Å². The molecule has 4 aromatic rings. The van der Waals surface area contributed by atoms with Gasteiger partial charge in [0.15, 0.2) is 29.1 Å². The molecule has 1 aromatic heterocycles. The molecule has 0 saturated heterocycles.